The van der Waals surface area contributed by atoms with Crippen molar-refractivity contribution >= 4 is 46.5 Å². The molecule has 0 unspecified atom stereocenters. The molecule has 1 saturated heterocycles. The van der Waals surface area contributed by atoms with Crippen molar-refractivity contribution in [2.75, 3.05) is 36.4 Å². The van der Waals surface area contributed by atoms with Crippen molar-refractivity contribution in [1.82, 2.24) is 9.88 Å². The van der Waals surface area contributed by atoms with Gasteiger partial charge >= 0.3 is 0 Å². The van der Waals surface area contributed by atoms with Crippen LogP contribution in [0.3, 0.4) is 0 Å². The lowest BCUT2D eigenvalue weighted by atomic mass is 10.2. The van der Waals surface area contributed by atoms with E-state index in [1.807, 2.05) is 18.2 Å². The lowest BCUT2D eigenvalue weighted by Crippen LogP contribution is -2.49. The molecule has 0 radical (unpaired) electrons. The summed E-state index contributed by atoms with van der Waals surface area (Å²) in [6.07, 6.45) is 1.50. The second-order valence-electron chi connectivity index (χ2n) is 5.88. The molecule has 1 aromatic carbocycles. The van der Waals surface area contributed by atoms with Crippen molar-refractivity contribution in [3.8, 4) is 0 Å². The maximum atomic E-state index is 12.4. The molecule has 0 aliphatic carbocycles. The molecule has 3 rings (SSSR count). The van der Waals surface area contributed by atoms with Crippen molar-refractivity contribution in [2.45, 2.75) is 6.42 Å². The van der Waals surface area contributed by atoms with Gasteiger partial charge in [0.2, 0.25) is 11.8 Å². The highest BCUT2D eigenvalue weighted by Crippen LogP contribution is 2.29. The summed E-state index contributed by atoms with van der Waals surface area (Å²) in [7, 11) is 0. The molecule has 6 nitrogen and oxygen atoms in total. The van der Waals surface area contributed by atoms with Gasteiger partial charge in [0.05, 0.1) is 15.7 Å². The second-order valence-corrected chi connectivity index (χ2v) is 6.69. The number of nitrogens with zero attached hydrogens (tertiary/aromatic N) is 3. The van der Waals surface area contributed by atoms with Crippen LogP contribution in [0.1, 0.15) is 6.42 Å². The summed E-state index contributed by atoms with van der Waals surface area (Å²) in [5.41, 5.74) is 0.327. The normalized spacial score (nSPS) is 14.2. The number of hydrogen-bond acceptors (Lipinski definition) is 4. The van der Waals surface area contributed by atoms with Gasteiger partial charge in [-0.1, -0.05) is 35.3 Å². The zero-order valence-electron chi connectivity index (χ0n) is 14.0. The van der Waals surface area contributed by atoms with Crippen LogP contribution in [0.15, 0.2) is 42.6 Å². The molecule has 0 spiro atoms. The number of para-hydroxylation sites is 1. The van der Waals surface area contributed by atoms with E-state index >= 15 is 0 Å². The first-order chi connectivity index (χ1) is 12.5. The molecule has 1 aliphatic heterocycles. The maximum Gasteiger partial charge on any atom is 0.233 e. The lowest BCUT2D eigenvalue weighted by molar-refractivity contribution is -0.134. The van der Waals surface area contributed by atoms with Crippen LogP contribution in [0.5, 0.6) is 0 Å². The van der Waals surface area contributed by atoms with Crippen molar-refractivity contribution in [3.63, 3.8) is 0 Å². The van der Waals surface area contributed by atoms with Gasteiger partial charge in [0.15, 0.2) is 0 Å². The Morgan fingerprint density at radius 1 is 1.00 bits per heavy atom. The van der Waals surface area contributed by atoms with E-state index in [2.05, 4.69) is 15.2 Å². The van der Waals surface area contributed by atoms with Gasteiger partial charge in [-0.15, -0.1) is 0 Å². The average molecular weight is 393 g/mol. The highest BCUT2D eigenvalue weighted by atomic mass is 35.5. The molecule has 8 heteroatoms. The van der Waals surface area contributed by atoms with Crippen LogP contribution in [-0.2, 0) is 9.59 Å². The number of piperazine rings is 1. The Hall–Kier alpha value is -2.31. The number of hydrogen-bond donors (Lipinski definition) is 1. The van der Waals surface area contributed by atoms with Gasteiger partial charge in [0.25, 0.3) is 0 Å². The van der Waals surface area contributed by atoms with Gasteiger partial charge in [-0.2, -0.15) is 0 Å². The minimum atomic E-state index is -0.433. The number of benzene rings is 1. The Labute approximate surface area is 161 Å². The molecule has 2 aromatic rings. The van der Waals surface area contributed by atoms with Crippen LogP contribution in [0.25, 0.3) is 0 Å². The Bertz CT molecular complexity index is 773. The predicted octanol–water partition coefficient (Wildman–Crippen LogP) is 3.07. The first-order valence-corrected chi connectivity index (χ1v) is 8.98. The standard InChI is InChI=1S/C18H18Cl2N4O2/c19-13-4-3-5-14(20)18(13)22-16(25)12-17(26)24-10-8-23(9-11-24)15-6-1-2-7-21-15/h1-7H,8-12H2,(H,22,25). The molecule has 2 amide bonds. The fraction of sp³-hybridized carbons (Fsp3) is 0.278. The number of anilines is 2. The first-order valence-electron chi connectivity index (χ1n) is 8.22. The third-order valence-electron chi connectivity index (χ3n) is 4.14. The summed E-state index contributed by atoms with van der Waals surface area (Å²) in [4.78, 5) is 32.7. The molecule has 136 valence electrons. The molecule has 1 fully saturated rings. The fourth-order valence-corrected chi connectivity index (χ4v) is 3.27. The maximum absolute atomic E-state index is 12.4. The summed E-state index contributed by atoms with van der Waals surface area (Å²) >= 11 is 12.1. The Balaban J connectivity index is 1.52. The van der Waals surface area contributed by atoms with Gasteiger partial charge in [0.1, 0.15) is 12.2 Å². The van der Waals surface area contributed by atoms with Crippen LogP contribution in [0.2, 0.25) is 10.0 Å². The van der Waals surface area contributed by atoms with E-state index in [1.165, 1.54) is 0 Å². The molecule has 2 heterocycles. The first kappa shape index (κ1) is 18.5. The number of rotatable bonds is 4. The number of carbonyl (C=O) groups excluding carboxylic acids is 2. The fourth-order valence-electron chi connectivity index (χ4n) is 2.78. The topological polar surface area (TPSA) is 65.5 Å². The summed E-state index contributed by atoms with van der Waals surface area (Å²) in [5, 5.41) is 3.28. The Morgan fingerprint density at radius 2 is 1.69 bits per heavy atom. The van der Waals surface area contributed by atoms with Gasteiger partial charge in [-0.3, -0.25) is 9.59 Å². The predicted molar refractivity (Wildman–Crippen MR) is 103 cm³/mol. The van der Waals surface area contributed by atoms with Crippen molar-refractivity contribution in [3.05, 3.63) is 52.6 Å². The zero-order valence-corrected chi connectivity index (χ0v) is 15.5. The highest BCUT2D eigenvalue weighted by Gasteiger charge is 2.23. The number of amides is 2. The molecule has 0 bridgehead atoms. The van der Waals surface area contributed by atoms with Crippen molar-refractivity contribution in [2.24, 2.45) is 0 Å². The number of halogens is 2. The molecule has 26 heavy (non-hydrogen) atoms. The summed E-state index contributed by atoms with van der Waals surface area (Å²) < 4.78 is 0. The van der Waals surface area contributed by atoms with E-state index in [-0.39, 0.29) is 12.3 Å². The quantitative estimate of drug-likeness (QED) is 0.811. The largest absolute Gasteiger partial charge is 0.353 e. The highest BCUT2D eigenvalue weighted by molar-refractivity contribution is 6.39. The van der Waals surface area contributed by atoms with E-state index in [0.29, 0.717) is 41.9 Å². The summed E-state index contributed by atoms with van der Waals surface area (Å²) in [6.45, 7) is 2.46. The van der Waals surface area contributed by atoms with Crippen molar-refractivity contribution in [1.29, 1.82) is 0 Å². The monoisotopic (exact) mass is 392 g/mol. The third kappa shape index (κ3) is 4.45. The van der Waals surface area contributed by atoms with Crippen LogP contribution in [-0.4, -0.2) is 47.9 Å². The van der Waals surface area contributed by atoms with E-state index in [0.717, 1.165) is 5.82 Å². The number of pyridine rings is 1. The smallest absolute Gasteiger partial charge is 0.233 e. The van der Waals surface area contributed by atoms with Gasteiger partial charge in [0, 0.05) is 32.4 Å². The van der Waals surface area contributed by atoms with Crippen LogP contribution in [0, 0.1) is 0 Å². The van der Waals surface area contributed by atoms with Gasteiger partial charge in [-0.25, -0.2) is 4.98 Å². The summed E-state index contributed by atoms with van der Waals surface area (Å²) in [6, 6.07) is 10.7. The summed E-state index contributed by atoms with van der Waals surface area (Å²) in [5.74, 6) is 0.245. The van der Waals surface area contributed by atoms with Crippen LogP contribution < -0.4 is 10.2 Å². The molecule has 1 N–H and O–H groups in total. The second kappa shape index (κ2) is 8.38. The van der Waals surface area contributed by atoms with Crippen LogP contribution >= 0.6 is 23.2 Å². The zero-order chi connectivity index (χ0) is 18.5. The molecular weight excluding hydrogens is 375 g/mol. The van der Waals surface area contributed by atoms with E-state index in [9.17, 15) is 9.59 Å². The van der Waals surface area contributed by atoms with Crippen LogP contribution in [0.4, 0.5) is 11.5 Å². The number of nitrogens with one attached hydrogen (secondary N) is 1. The van der Waals surface area contributed by atoms with Gasteiger partial charge in [-0.05, 0) is 24.3 Å². The molecule has 1 aliphatic rings. The Kier molecular flexibility index (Phi) is 5.96. The number of carbonyl (C=O) groups is 2. The Morgan fingerprint density at radius 3 is 2.31 bits per heavy atom. The van der Waals surface area contributed by atoms with E-state index in [4.69, 9.17) is 23.2 Å². The minimum absolute atomic E-state index is 0.216. The number of aromatic nitrogens is 1. The molecule has 0 saturated carbocycles. The minimum Gasteiger partial charge on any atom is -0.353 e. The van der Waals surface area contributed by atoms with Crippen molar-refractivity contribution < 1.29 is 9.59 Å². The third-order valence-corrected chi connectivity index (χ3v) is 4.77. The van der Waals surface area contributed by atoms with E-state index < -0.39 is 5.91 Å². The van der Waals surface area contributed by atoms with Gasteiger partial charge < -0.3 is 15.1 Å². The molecule has 0 atom stereocenters. The SMILES string of the molecule is O=C(CC(=O)N1CCN(c2ccccn2)CC1)Nc1c(Cl)cccc1Cl. The molecular formula is C18H18Cl2N4O2. The van der Waals surface area contributed by atoms with E-state index in [1.54, 1.807) is 29.3 Å². The average Bonchev–Trinajstić information content (AvgIpc) is 2.66. The molecule has 1 aromatic heterocycles. The lowest BCUT2D eigenvalue weighted by Gasteiger charge is -2.35.